The second-order valence-electron chi connectivity index (χ2n) is 4.40. The minimum Gasteiger partial charge on any atom is -0.355 e. The van der Waals surface area contributed by atoms with Gasteiger partial charge in [-0.2, -0.15) is 11.8 Å². The van der Waals surface area contributed by atoms with Crippen molar-refractivity contribution in [2.24, 2.45) is 0 Å². The molecule has 2 atom stereocenters. The van der Waals surface area contributed by atoms with Crippen molar-refractivity contribution < 1.29 is 4.79 Å². The predicted molar refractivity (Wildman–Crippen MR) is 70.9 cm³/mol. The molecule has 0 heterocycles. The molecule has 0 aromatic rings. The van der Waals surface area contributed by atoms with Gasteiger partial charge in [-0.05, 0) is 25.5 Å². The van der Waals surface area contributed by atoms with E-state index in [1.54, 1.807) is 0 Å². The highest BCUT2D eigenvalue weighted by Gasteiger charge is 2.26. The molecule has 16 heavy (non-hydrogen) atoms. The van der Waals surface area contributed by atoms with E-state index >= 15 is 0 Å². The Morgan fingerprint density at radius 1 is 1.44 bits per heavy atom. The molecule has 1 saturated carbocycles. The zero-order chi connectivity index (χ0) is 11.8. The Hall–Kier alpha value is -0.220. The SMILES string of the molecule is CCCCNC(=O)CNC1CCCC1SC. The van der Waals surface area contributed by atoms with Gasteiger partial charge in [0.05, 0.1) is 6.54 Å². The fourth-order valence-electron chi connectivity index (χ4n) is 2.13. The van der Waals surface area contributed by atoms with Gasteiger partial charge in [0.15, 0.2) is 0 Å². The lowest BCUT2D eigenvalue weighted by Gasteiger charge is -2.18. The van der Waals surface area contributed by atoms with Crippen molar-refractivity contribution in [1.82, 2.24) is 10.6 Å². The van der Waals surface area contributed by atoms with Crippen molar-refractivity contribution in [3.63, 3.8) is 0 Å². The molecule has 1 aliphatic carbocycles. The largest absolute Gasteiger partial charge is 0.355 e. The lowest BCUT2D eigenvalue weighted by atomic mass is 10.2. The third-order valence-corrected chi connectivity index (χ3v) is 4.30. The highest BCUT2D eigenvalue weighted by atomic mass is 32.2. The zero-order valence-electron chi connectivity index (χ0n) is 10.4. The van der Waals surface area contributed by atoms with E-state index in [4.69, 9.17) is 0 Å². The molecule has 4 heteroatoms. The van der Waals surface area contributed by atoms with Crippen LogP contribution in [0.2, 0.25) is 0 Å². The van der Waals surface area contributed by atoms with Crippen LogP contribution in [0.4, 0.5) is 0 Å². The van der Waals surface area contributed by atoms with E-state index in [9.17, 15) is 4.79 Å². The maximum absolute atomic E-state index is 11.5. The van der Waals surface area contributed by atoms with Gasteiger partial charge in [-0.25, -0.2) is 0 Å². The molecule has 0 saturated heterocycles. The van der Waals surface area contributed by atoms with E-state index in [-0.39, 0.29) is 5.91 Å². The first-order chi connectivity index (χ1) is 7.77. The van der Waals surface area contributed by atoms with E-state index in [0.29, 0.717) is 17.8 Å². The lowest BCUT2D eigenvalue weighted by Crippen LogP contribution is -2.41. The summed E-state index contributed by atoms with van der Waals surface area (Å²) in [5.41, 5.74) is 0. The first-order valence-corrected chi connectivity index (χ1v) is 7.59. The third-order valence-electron chi connectivity index (χ3n) is 3.13. The van der Waals surface area contributed by atoms with Crippen molar-refractivity contribution >= 4 is 17.7 Å². The number of hydrogen-bond acceptors (Lipinski definition) is 3. The fourth-order valence-corrected chi connectivity index (χ4v) is 3.10. The van der Waals surface area contributed by atoms with Crippen LogP contribution in [0.1, 0.15) is 39.0 Å². The van der Waals surface area contributed by atoms with E-state index in [1.807, 2.05) is 11.8 Å². The van der Waals surface area contributed by atoms with Gasteiger partial charge in [-0.3, -0.25) is 4.79 Å². The van der Waals surface area contributed by atoms with Crippen LogP contribution in [0.5, 0.6) is 0 Å². The number of nitrogens with one attached hydrogen (secondary N) is 2. The summed E-state index contributed by atoms with van der Waals surface area (Å²) >= 11 is 1.92. The molecule has 0 aliphatic heterocycles. The summed E-state index contributed by atoms with van der Waals surface area (Å²) in [7, 11) is 0. The summed E-state index contributed by atoms with van der Waals surface area (Å²) < 4.78 is 0. The van der Waals surface area contributed by atoms with Crippen LogP contribution in [-0.4, -0.2) is 36.5 Å². The highest BCUT2D eigenvalue weighted by molar-refractivity contribution is 7.99. The number of rotatable bonds is 7. The normalized spacial score (nSPS) is 24.6. The summed E-state index contributed by atoms with van der Waals surface area (Å²) in [4.78, 5) is 11.5. The Morgan fingerprint density at radius 3 is 2.94 bits per heavy atom. The molecule has 1 amide bonds. The summed E-state index contributed by atoms with van der Waals surface area (Å²) in [6.07, 6.45) is 8.16. The Labute approximate surface area is 103 Å². The van der Waals surface area contributed by atoms with Crippen LogP contribution in [0, 0.1) is 0 Å². The Bertz CT molecular complexity index is 211. The van der Waals surface area contributed by atoms with Gasteiger partial charge in [0.25, 0.3) is 0 Å². The smallest absolute Gasteiger partial charge is 0.233 e. The lowest BCUT2D eigenvalue weighted by molar-refractivity contribution is -0.120. The highest BCUT2D eigenvalue weighted by Crippen LogP contribution is 2.28. The molecular weight excluding hydrogens is 220 g/mol. The average molecular weight is 244 g/mol. The molecule has 1 fully saturated rings. The van der Waals surface area contributed by atoms with Gasteiger partial charge in [0.2, 0.25) is 5.91 Å². The van der Waals surface area contributed by atoms with Crippen LogP contribution >= 0.6 is 11.8 Å². The van der Waals surface area contributed by atoms with E-state index in [0.717, 1.165) is 19.4 Å². The molecule has 1 rings (SSSR count). The van der Waals surface area contributed by atoms with Crippen LogP contribution in [-0.2, 0) is 4.79 Å². The van der Waals surface area contributed by atoms with Crippen molar-refractivity contribution in [2.45, 2.75) is 50.3 Å². The van der Waals surface area contributed by atoms with Gasteiger partial charge < -0.3 is 10.6 Å². The minimum absolute atomic E-state index is 0.139. The molecule has 0 bridgehead atoms. The molecule has 1 aliphatic rings. The first kappa shape index (κ1) is 13.8. The quantitative estimate of drug-likeness (QED) is 0.671. The van der Waals surface area contributed by atoms with E-state index in [1.165, 1.54) is 19.3 Å². The van der Waals surface area contributed by atoms with Crippen LogP contribution < -0.4 is 10.6 Å². The standard InChI is InChI=1S/C12H24N2OS/c1-3-4-8-13-12(15)9-14-10-6-5-7-11(10)16-2/h10-11,14H,3-9H2,1-2H3,(H,13,15). The predicted octanol–water partition coefficient (Wildman–Crippen LogP) is 1.78. The fraction of sp³-hybridized carbons (Fsp3) is 0.917. The number of amides is 1. The van der Waals surface area contributed by atoms with Crippen LogP contribution in [0.25, 0.3) is 0 Å². The molecular formula is C12H24N2OS. The van der Waals surface area contributed by atoms with Crippen LogP contribution in [0.3, 0.4) is 0 Å². The monoisotopic (exact) mass is 244 g/mol. The van der Waals surface area contributed by atoms with Crippen molar-refractivity contribution in [3.05, 3.63) is 0 Å². The van der Waals surface area contributed by atoms with E-state index < -0.39 is 0 Å². The molecule has 0 aromatic heterocycles. The molecule has 2 N–H and O–H groups in total. The Morgan fingerprint density at radius 2 is 2.25 bits per heavy atom. The zero-order valence-corrected chi connectivity index (χ0v) is 11.2. The second kappa shape index (κ2) is 7.96. The maximum Gasteiger partial charge on any atom is 0.233 e. The second-order valence-corrected chi connectivity index (χ2v) is 5.47. The van der Waals surface area contributed by atoms with Crippen molar-refractivity contribution in [2.75, 3.05) is 19.3 Å². The number of carbonyl (C=O) groups is 1. The third kappa shape index (κ3) is 4.74. The number of thioether (sulfide) groups is 1. The molecule has 3 nitrogen and oxygen atoms in total. The summed E-state index contributed by atoms with van der Waals surface area (Å²) in [5, 5.41) is 7.01. The summed E-state index contributed by atoms with van der Waals surface area (Å²) in [6, 6.07) is 0.534. The summed E-state index contributed by atoms with van der Waals surface area (Å²) in [5.74, 6) is 0.139. The number of unbranched alkanes of at least 4 members (excludes halogenated alkanes) is 1. The number of hydrogen-bond donors (Lipinski definition) is 2. The van der Waals surface area contributed by atoms with Crippen LogP contribution in [0.15, 0.2) is 0 Å². The molecule has 0 aromatic carbocycles. The first-order valence-electron chi connectivity index (χ1n) is 6.30. The molecule has 2 unspecified atom stereocenters. The average Bonchev–Trinajstić information content (AvgIpc) is 2.74. The van der Waals surface area contributed by atoms with Gasteiger partial charge in [-0.15, -0.1) is 0 Å². The maximum atomic E-state index is 11.5. The summed E-state index contributed by atoms with van der Waals surface area (Å²) in [6.45, 7) is 3.42. The topological polar surface area (TPSA) is 41.1 Å². The Kier molecular flexibility index (Phi) is 6.88. The minimum atomic E-state index is 0.139. The Balaban J connectivity index is 2.11. The van der Waals surface area contributed by atoms with E-state index in [2.05, 4.69) is 23.8 Å². The van der Waals surface area contributed by atoms with Crippen molar-refractivity contribution in [3.8, 4) is 0 Å². The van der Waals surface area contributed by atoms with Gasteiger partial charge in [-0.1, -0.05) is 19.8 Å². The van der Waals surface area contributed by atoms with Crippen molar-refractivity contribution in [1.29, 1.82) is 0 Å². The number of carbonyl (C=O) groups excluding carboxylic acids is 1. The molecule has 94 valence electrons. The van der Waals surface area contributed by atoms with Gasteiger partial charge >= 0.3 is 0 Å². The molecule has 0 spiro atoms. The molecule has 0 radical (unpaired) electrons. The van der Waals surface area contributed by atoms with Gasteiger partial charge in [0.1, 0.15) is 0 Å². The van der Waals surface area contributed by atoms with Gasteiger partial charge in [0, 0.05) is 17.8 Å².